The topological polar surface area (TPSA) is 12.5 Å². The lowest BCUT2D eigenvalue weighted by Crippen LogP contribution is -2.07. The third kappa shape index (κ3) is 2.62. The third-order valence-corrected chi connectivity index (χ3v) is 1.59. The zero-order valence-electron chi connectivity index (χ0n) is 7.57. The quantitative estimate of drug-likeness (QED) is 0.704. The van der Waals surface area contributed by atoms with Crippen molar-refractivity contribution >= 4 is 18.1 Å². The minimum atomic E-state index is 0. The summed E-state index contributed by atoms with van der Waals surface area (Å²) in [5.74, 6) is 0.899. The number of nitrogens with zero attached hydrogens (tertiary/aromatic N) is 1. The molecule has 3 heteroatoms. The predicted molar refractivity (Wildman–Crippen MR) is 54.6 cm³/mol. The number of hydrogen-bond donors (Lipinski definition) is 0. The van der Waals surface area contributed by atoms with E-state index in [0.29, 0.717) is 0 Å². The monoisotopic (exact) mass is 187 g/mol. The Kier molecular flexibility index (Phi) is 4.52. The number of halogens is 1. The smallest absolute Gasteiger partial charge is 0.119 e. The SMILES string of the molecule is COc1ccc(N(C)C)cc1.Cl. The first-order valence-electron chi connectivity index (χ1n) is 3.55. The molecule has 2 nitrogen and oxygen atoms in total. The van der Waals surface area contributed by atoms with Crippen LogP contribution in [0.5, 0.6) is 5.75 Å². The molecule has 1 rings (SSSR count). The van der Waals surface area contributed by atoms with Gasteiger partial charge in [-0.05, 0) is 24.3 Å². The van der Waals surface area contributed by atoms with Crippen LogP contribution in [-0.4, -0.2) is 21.2 Å². The van der Waals surface area contributed by atoms with Crippen LogP contribution in [0.2, 0.25) is 0 Å². The molecule has 0 aliphatic heterocycles. The van der Waals surface area contributed by atoms with Crippen molar-refractivity contribution in [1.29, 1.82) is 0 Å². The minimum absolute atomic E-state index is 0. The summed E-state index contributed by atoms with van der Waals surface area (Å²) in [4.78, 5) is 2.06. The lowest BCUT2D eigenvalue weighted by Gasteiger charge is -2.11. The van der Waals surface area contributed by atoms with E-state index in [-0.39, 0.29) is 12.4 Å². The van der Waals surface area contributed by atoms with Crippen LogP contribution in [0.3, 0.4) is 0 Å². The molecule has 0 atom stereocenters. The summed E-state index contributed by atoms with van der Waals surface area (Å²) in [5, 5.41) is 0. The molecule has 0 saturated carbocycles. The molecule has 0 aliphatic rings. The van der Waals surface area contributed by atoms with E-state index < -0.39 is 0 Å². The molecule has 0 saturated heterocycles. The Hall–Kier alpha value is -0.890. The van der Waals surface area contributed by atoms with Gasteiger partial charge in [-0.1, -0.05) is 0 Å². The largest absolute Gasteiger partial charge is 0.497 e. The van der Waals surface area contributed by atoms with Crippen LogP contribution in [0, 0.1) is 0 Å². The standard InChI is InChI=1S/C9H13NO.ClH/c1-10(2)8-4-6-9(11-3)7-5-8;/h4-7H,1-3H3;1H. The van der Waals surface area contributed by atoms with E-state index in [1.54, 1.807) is 7.11 Å². The zero-order valence-corrected chi connectivity index (χ0v) is 8.39. The Bertz CT molecular complexity index is 220. The minimum Gasteiger partial charge on any atom is -0.497 e. The zero-order chi connectivity index (χ0) is 8.27. The van der Waals surface area contributed by atoms with Gasteiger partial charge in [-0.15, -0.1) is 12.4 Å². The number of ether oxygens (including phenoxy) is 1. The van der Waals surface area contributed by atoms with Crippen molar-refractivity contribution < 1.29 is 4.74 Å². The molecule has 0 amide bonds. The van der Waals surface area contributed by atoms with Crippen molar-refractivity contribution in [2.75, 3.05) is 26.1 Å². The van der Waals surface area contributed by atoms with Crippen LogP contribution >= 0.6 is 12.4 Å². The molecule has 0 bridgehead atoms. The number of anilines is 1. The van der Waals surface area contributed by atoms with Crippen LogP contribution in [-0.2, 0) is 0 Å². The lowest BCUT2D eigenvalue weighted by molar-refractivity contribution is 0.415. The second kappa shape index (κ2) is 4.88. The van der Waals surface area contributed by atoms with E-state index >= 15 is 0 Å². The highest BCUT2D eigenvalue weighted by Gasteiger charge is 1.93. The second-order valence-corrected chi connectivity index (χ2v) is 2.59. The predicted octanol–water partition coefficient (Wildman–Crippen LogP) is 2.18. The average Bonchev–Trinajstić information content (AvgIpc) is 2.05. The van der Waals surface area contributed by atoms with Crippen molar-refractivity contribution in [2.45, 2.75) is 0 Å². The molecular weight excluding hydrogens is 174 g/mol. The third-order valence-electron chi connectivity index (χ3n) is 1.59. The molecule has 0 radical (unpaired) electrons. The highest BCUT2D eigenvalue weighted by molar-refractivity contribution is 5.85. The van der Waals surface area contributed by atoms with Gasteiger partial charge in [0.1, 0.15) is 5.75 Å². The Morgan fingerprint density at radius 2 is 1.58 bits per heavy atom. The van der Waals surface area contributed by atoms with E-state index in [4.69, 9.17) is 4.74 Å². The van der Waals surface area contributed by atoms with Crippen molar-refractivity contribution in [3.05, 3.63) is 24.3 Å². The summed E-state index contributed by atoms with van der Waals surface area (Å²) in [5.41, 5.74) is 1.19. The molecule has 0 aliphatic carbocycles. The van der Waals surface area contributed by atoms with Gasteiger partial charge in [0, 0.05) is 19.8 Å². The van der Waals surface area contributed by atoms with Gasteiger partial charge in [-0.3, -0.25) is 0 Å². The Balaban J connectivity index is 0.00000121. The van der Waals surface area contributed by atoms with Gasteiger partial charge in [0.2, 0.25) is 0 Å². The normalized spacial score (nSPS) is 8.58. The molecular formula is C9H14ClNO. The number of benzene rings is 1. The molecule has 0 heterocycles. The summed E-state index contributed by atoms with van der Waals surface area (Å²) < 4.78 is 5.03. The fourth-order valence-electron chi connectivity index (χ4n) is 0.880. The van der Waals surface area contributed by atoms with Gasteiger partial charge < -0.3 is 9.64 Å². The summed E-state index contributed by atoms with van der Waals surface area (Å²) in [6.45, 7) is 0. The van der Waals surface area contributed by atoms with Gasteiger partial charge in [0.05, 0.1) is 7.11 Å². The summed E-state index contributed by atoms with van der Waals surface area (Å²) >= 11 is 0. The van der Waals surface area contributed by atoms with Gasteiger partial charge in [0.25, 0.3) is 0 Å². The number of hydrogen-bond acceptors (Lipinski definition) is 2. The maximum Gasteiger partial charge on any atom is 0.119 e. The first kappa shape index (κ1) is 11.1. The van der Waals surface area contributed by atoms with Crippen molar-refractivity contribution in [1.82, 2.24) is 0 Å². The number of rotatable bonds is 2. The maximum atomic E-state index is 5.03. The highest BCUT2D eigenvalue weighted by atomic mass is 35.5. The van der Waals surface area contributed by atoms with E-state index in [0.717, 1.165) is 5.75 Å². The van der Waals surface area contributed by atoms with E-state index in [1.807, 2.05) is 38.4 Å². The highest BCUT2D eigenvalue weighted by Crippen LogP contribution is 2.16. The van der Waals surface area contributed by atoms with Crippen molar-refractivity contribution in [3.63, 3.8) is 0 Å². The summed E-state index contributed by atoms with van der Waals surface area (Å²) in [6, 6.07) is 7.96. The molecule has 0 fully saturated rings. The molecule has 0 unspecified atom stereocenters. The van der Waals surface area contributed by atoms with E-state index in [1.165, 1.54) is 5.69 Å². The maximum absolute atomic E-state index is 5.03. The first-order chi connectivity index (χ1) is 5.24. The molecule has 68 valence electrons. The van der Waals surface area contributed by atoms with Crippen LogP contribution < -0.4 is 9.64 Å². The Labute approximate surface area is 79.6 Å². The van der Waals surface area contributed by atoms with Crippen molar-refractivity contribution in [3.8, 4) is 5.75 Å². The number of methoxy groups -OCH3 is 1. The van der Waals surface area contributed by atoms with Crippen LogP contribution in [0.15, 0.2) is 24.3 Å². The van der Waals surface area contributed by atoms with Crippen molar-refractivity contribution in [2.24, 2.45) is 0 Å². The first-order valence-corrected chi connectivity index (χ1v) is 3.55. The van der Waals surface area contributed by atoms with E-state index in [9.17, 15) is 0 Å². The Morgan fingerprint density at radius 1 is 1.08 bits per heavy atom. The second-order valence-electron chi connectivity index (χ2n) is 2.59. The molecule has 0 spiro atoms. The molecule has 1 aromatic carbocycles. The average molecular weight is 188 g/mol. The van der Waals surface area contributed by atoms with Crippen LogP contribution in [0.1, 0.15) is 0 Å². The summed E-state index contributed by atoms with van der Waals surface area (Å²) in [6.07, 6.45) is 0. The van der Waals surface area contributed by atoms with Gasteiger partial charge >= 0.3 is 0 Å². The lowest BCUT2D eigenvalue weighted by atomic mass is 10.3. The fourth-order valence-corrected chi connectivity index (χ4v) is 0.880. The fraction of sp³-hybridized carbons (Fsp3) is 0.333. The van der Waals surface area contributed by atoms with Crippen LogP contribution in [0.4, 0.5) is 5.69 Å². The molecule has 0 aromatic heterocycles. The van der Waals surface area contributed by atoms with Crippen LogP contribution in [0.25, 0.3) is 0 Å². The molecule has 12 heavy (non-hydrogen) atoms. The summed E-state index contributed by atoms with van der Waals surface area (Å²) in [7, 11) is 5.70. The van der Waals surface area contributed by atoms with E-state index in [2.05, 4.69) is 4.90 Å². The molecule has 0 N–H and O–H groups in total. The van der Waals surface area contributed by atoms with Gasteiger partial charge in [-0.2, -0.15) is 0 Å². The van der Waals surface area contributed by atoms with Gasteiger partial charge in [-0.25, -0.2) is 0 Å². The van der Waals surface area contributed by atoms with Gasteiger partial charge in [0.15, 0.2) is 0 Å². The Morgan fingerprint density at radius 3 is 1.92 bits per heavy atom. The molecule has 1 aromatic rings.